The van der Waals surface area contributed by atoms with Crippen LogP contribution in [-0.4, -0.2) is 30.3 Å². The Kier molecular flexibility index (Phi) is 2.74. The molecule has 0 atom stereocenters. The minimum atomic E-state index is 0.450. The van der Waals surface area contributed by atoms with Gasteiger partial charge in [-0.3, -0.25) is 4.79 Å². The van der Waals surface area contributed by atoms with Gasteiger partial charge in [0.25, 0.3) is 0 Å². The molecule has 0 aromatic carbocycles. The van der Waals surface area contributed by atoms with Crippen molar-refractivity contribution in [1.29, 1.82) is 0 Å². The number of aromatic nitrogens is 5. The van der Waals surface area contributed by atoms with Crippen LogP contribution in [0.5, 0.6) is 0 Å². The van der Waals surface area contributed by atoms with Crippen molar-refractivity contribution in [3.05, 3.63) is 53.2 Å². The third-order valence-electron chi connectivity index (χ3n) is 3.53. The van der Waals surface area contributed by atoms with Crippen LogP contribution in [0.1, 0.15) is 16.1 Å². The highest BCUT2D eigenvalue weighted by molar-refractivity contribution is 6.34. The average molecular weight is 312 g/mol. The van der Waals surface area contributed by atoms with E-state index >= 15 is 0 Å². The molecule has 0 spiro atoms. The van der Waals surface area contributed by atoms with Gasteiger partial charge >= 0.3 is 0 Å². The molecule has 0 bridgehead atoms. The van der Waals surface area contributed by atoms with E-state index < -0.39 is 0 Å². The molecule has 4 aromatic rings. The number of imidazole rings is 1. The number of rotatable bonds is 2. The molecule has 0 aliphatic heterocycles. The van der Waals surface area contributed by atoms with Crippen molar-refractivity contribution in [2.45, 2.75) is 6.92 Å². The predicted octanol–water partition coefficient (Wildman–Crippen LogP) is 2.82. The summed E-state index contributed by atoms with van der Waals surface area (Å²) in [4.78, 5) is 20.1. The van der Waals surface area contributed by atoms with Gasteiger partial charge in [-0.2, -0.15) is 5.10 Å². The molecule has 0 aliphatic rings. The normalized spacial score (nSPS) is 11.4. The van der Waals surface area contributed by atoms with Crippen LogP contribution in [0.25, 0.3) is 22.6 Å². The summed E-state index contributed by atoms with van der Waals surface area (Å²) in [5.41, 5.74) is 3.87. The topological polar surface area (TPSA) is 64.6 Å². The highest BCUT2D eigenvalue weighted by Gasteiger charge is 2.14. The van der Waals surface area contributed by atoms with Crippen LogP contribution in [0.3, 0.4) is 0 Å². The monoisotopic (exact) mass is 311 g/mol. The Labute approximate surface area is 130 Å². The predicted molar refractivity (Wildman–Crippen MR) is 82.3 cm³/mol. The standard InChI is InChI=1S/C15H10ClN5O/c1-9-13(16)15-18-14(11(8-22)7-21(15)19-9)10-2-3-12-17-4-5-20(12)6-10/h2-8H,1H3. The average Bonchev–Trinajstić information content (AvgIpc) is 3.10. The SMILES string of the molecule is Cc1nn2cc(C=O)c(-c3ccc4nccn4c3)nc2c1Cl. The van der Waals surface area contributed by atoms with Gasteiger partial charge in [-0.15, -0.1) is 0 Å². The largest absolute Gasteiger partial charge is 0.306 e. The molecule has 4 heterocycles. The minimum Gasteiger partial charge on any atom is -0.306 e. The number of nitrogens with zero attached hydrogens (tertiary/aromatic N) is 5. The van der Waals surface area contributed by atoms with Gasteiger partial charge < -0.3 is 4.40 Å². The molecule has 6 nitrogen and oxygen atoms in total. The van der Waals surface area contributed by atoms with E-state index in [2.05, 4.69) is 15.1 Å². The number of hydrogen-bond donors (Lipinski definition) is 0. The minimum absolute atomic E-state index is 0.450. The third kappa shape index (κ3) is 1.81. The van der Waals surface area contributed by atoms with Crippen molar-refractivity contribution in [1.82, 2.24) is 24.0 Å². The summed E-state index contributed by atoms with van der Waals surface area (Å²) in [5.74, 6) is 0. The molecular weight excluding hydrogens is 302 g/mol. The van der Waals surface area contributed by atoms with Crippen LogP contribution >= 0.6 is 11.6 Å². The molecule has 22 heavy (non-hydrogen) atoms. The number of aldehydes is 1. The zero-order valence-corrected chi connectivity index (χ0v) is 12.3. The second-order valence-corrected chi connectivity index (χ2v) is 5.32. The summed E-state index contributed by atoms with van der Waals surface area (Å²) in [5, 5.41) is 4.73. The fraction of sp³-hybridized carbons (Fsp3) is 0.0667. The van der Waals surface area contributed by atoms with Gasteiger partial charge in [0.2, 0.25) is 0 Å². The van der Waals surface area contributed by atoms with Gasteiger partial charge in [0.1, 0.15) is 10.7 Å². The van der Waals surface area contributed by atoms with Gasteiger partial charge in [-0.1, -0.05) is 11.6 Å². The lowest BCUT2D eigenvalue weighted by molar-refractivity contribution is 0.112. The number of carbonyl (C=O) groups excluding carboxylic acids is 1. The van der Waals surface area contributed by atoms with Gasteiger partial charge in [0.05, 0.1) is 17.0 Å². The van der Waals surface area contributed by atoms with E-state index in [1.165, 1.54) is 4.52 Å². The van der Waals surface area contributed by atoms with E-state index in [0.29, 0.717) is 27.6 Å². The maximum atomic E-state index is 11.4. The van der Waals surface area contributed by atoms with Gasteiger partial charge in [-0.25, -0.2) is 14.5 Å². The molecule has 7 heteroatoms. The lowest BCUT2D eigenvalue weighted by atomic mass is 10.1. The lowest BCUT2D eigenvalue weighted by Gasteiger charge is -2.06. The summed E-state index contributed by atoms with van der Waals surface area (Å²) >= 11 is 6.22. The van der Waals surface area contributed by atoms with E-state index in [4.69, 9.17) is 11.6 Å². The summed E-state index contributed by atoms with van der Waals surface area (Å²) in [6.45, 7) is 1.80. The van der Waals surface area contributed by atoms with E-state index in [9.17, 15) is 4.79 Å². The van der Waals surface area contributed by atoms with Crippen LogP contribution in [0, 0.1) is 6.92 Å². The Morgan fingerprint density at radius 2 is 2.14 bits per heavy atom. The Balaban J connectivity index is 2.02. The number of hydrogen-bond acceptors (Lipinski definition) is 4. The number of carbonyl (C=O) groups is 1. The zero-order chi connectivity index (χ0) is 15.3. The quantitative estimate of drug-likeness (QED) is 0.534. The second kappa shape index (κ2) is 4.64. The van der Waals surface area contributed by atoms with Gasteiger partial charge in [-0.05, 0) is 19.1 Å². The van der Waals surface area contributed by atoms with Crippen molar-refractivity contribution in [3.8, 4) is 11.3 Å². The van der Waals surface area contributed by atoms with Crippen molar-refractivity contribution in [2.75, 3.05) is 0 Å². The van der Waals surface area contributed by atoms with Crippen LogP contribution in [-0.2, 0) is 0 Å². The molecule has 4 aromatic heterocycles. The smallest absolute Gasteiger partial charge is 0.174 e. The van der Waals surface area contributed by atoms with Crippen LogP contribution in [0.4, 0.5) is 0 Å². The molecule has 0 saturated carbocycles. The Morgan fingerprint density at radius 3 is 2.95 bits per heavy atom. The first kappa shape index (κ1) is 13.0. The van der Waals surface area contributed by atoms with Crippen molar-refractivity contribution in [3.63, 3.8) is 0 Å². The molecule has 0 fully saturated rings. The molecule has 0 radical (unpaired) electrons. The van der Waals surface area contributed by atoms with Gasteiger partial charge in [0.15, 0.2) is 11.9 Å². The number of aryl methyl sites for hydroxylation is 1. The van der Waals surface area contributed by atoms with Gasteiger partial charge in [0, 0.05) is 30.4 Å². The van der Waals surface area contributed by atoms with Crippen molar-refractivity contribution >= 4 is 29.2 Å². The Bertz CT molecular complexity index is 1030. The fourth-order valence-corrected chi connectivity index (χ4v) is 2.61. The number of fused-ring (bicyclic) bond motifs is 2. The fourth-order valence-electron chi connectivity index (χ4n) is 2.45. The Hall–Kier alpha value is -2.73. The molecule has 0 aliphatic carbocycles. The molecular formula is C15H10ClN5O. The zero-order valence-electron chi connectivity index (χ0n) is 11.6. The molecule has 4 rings (SSSR count). The van der Waals surface area contributed by atoms with Crippen LogP contribution < -0.4 is 0 Å². The highest BCUT2D eigenvalue weighted by Crippen LogP contribution is 2.26. The van der Waals surface area contributed by atoms with Crippen LogP contribution in [0.15, 0.2) is 36.9 Å². The van der Waals surface area contributed by atoms with Crippen LogP contribution in [0.2, 0.25) is 5.02 Å². The van der Waals surface area contributed by atoms with E-state index in [0.717, 1.165) is 17.5 Å². The highest BCUT2D eigenvalue weighted by atomic mass is 35.5. The van der Waals surface area contributed by atoms with Crippen molar-refractivity contribution in [2.24, 2.45) is 0 Å². The van der Waals surface area contributed by atoms with E-state index in [-0.39, 0.29) is 0 Å². The first-order valence-corrected chi connectivity index (χ1v) is 6.99. The molecule has 0 amide bonds. The van der Waals surface area contributed by atoms with E-state index in [1.54, 1.807) is 19.3 Å². The van der Waals surface area contributed by atoms with Crippen molar-refractivity contribution < 1.29 is 4.79 Å². The number of halogens is 1. The summed E-state index contributed by atoms with van der Waals surface area (Å²) in [6, 6.07) is 3.75. The number of pyridine rings is 1. The maximum Gasteiger partial charge on any atom is 0.174 e. The molecule has 0 saturated heterocycles. The first-order valence-electron chi connectivity index (χ1n) is 6.61. The molecule has 0 unspecified atom stereocenters. The molecule has 0 N–H and O–H groups in total. The Morgan fingerprint density at radius 1 is 1.27 bits per heavy atom. The second-order valence-electron chi connectivity index (χ2n) is 4.94. The summed E-state index contributed by atoms with van der Waals surface area (Å²) < 4.78 is 3.40. The lowest BCUT2D eigenvalue weighted by Crippen LogP contribution is -1.99. The molecule has 108 valence electrons. The first-order chi connectivity index (χ1) is 10.7. The summed E-state index contributed by atoms with van der Waals surface area (Å²) in [7, 11) is 0. The van der Waals surface area contributed by atoms with E-state index in [1.807, 2.05) is 28.9 Å². The third-order valence-corrected chi connectivity index (χ3v) is 3.97. The maximum absolute atomic E-state index is 11.4. The summed E-state index contributed by atoms with van der Waals surface area (Å²) in [6.07, 6.45) is 7.85.